The molecule has 25 heavy (non-hydrogen) atoms. The highest BCUT2D eigenvalue weighted by Gasteiger charge is 2.14. The fourth-order valence-electron chi connectivity index (χ4n) is 3.21. The van der Waals surface area contributed by atoms with Gasteiger partial charge in [-0.05, 0) is 24.3 Å². The molecule has 0 radical (unpaired) electrons. The Morgan fingerprint density at radius 3 is 2.04 bits per heavy atom. The third-order valence-electron chi connectivity index (χ3n) is 4.34. The minimum absolute atomic E-state index is 0.185. The van der Waals surface area contributed by atoms with Gasteiger partial charge in [0, 0.05) is 21.8 Å². The summed E-state index contributed by atoms with van der Waals surface area (Å²) < 4.78 is 7.82. The molecule has 0 saturated heterocycles. The topological polar surface area (TPSA) is 34.4 Å². The molecule has 126 valence electrons. The van der Waals surface area contributed by atoms with Crippen LogP contribution in [0.3, 0.4) is 0 Å². The number of aliphatic hydroxyl groups is 1. The summed E-state index contributed by atoms with van der Waals surface area (Å²) in [4.78, 5) is 0. The average Bonchev–Trinajstić information content (AvgIpc) is 2.96. The standard InChI is InChI=1S/C21H18ClNO2/c22-18-9-3-6-12-21(18)25-14-15(24)13-23-19-10-4-1-7-16(19)17-8-2-5-11-20(17)23/h1-12,15,24H,13-14H2/t15-/m1/s1. The number of fused-ring (bicyclic) bond motifs is 3. The van der Waals surface area contributed by atoms with Gasteiger partial charge in [-0.15, -0.1) is 0 Å². The van der Waals surface area contributed by atoms with Crippen LogP contribution in [0.4, 0.5) is 0 Å². The Kier molecular flexibility index (Phi) is 4.35. The number of nitrogens with zero attached hydrogens (tertiary/aromatic N) is 1. The van der Waals surface area contributed by atoms with Crippen LogP contribution in [0.25, 0.3) is 21.8 Å². The van der Waals surface area contributed by atoms with E-state index in [1.807, 2.05) is 36.4 Å². The normalized spacial score (nSPS) is 12.6. The fourth-order valence-corrected chi connectivity index (χ4v) is 3.40. The molecular formula is C21H18ClNO2. The number of aliphatic hydroxyl groups excluding tert-OH is 1. The third-order valence-corrected chi connectivity index (χ3v) is 4.65. The van der Waals surface area contributed by atoms with Crippen molar-refractivity contribution < 1.29 is 9.84 Å². The highest BCUT2D eigenvalue weighted by molar-refractivity contribution is 6.32. The number of para-hydroxylation sites is 3. The predicted molar refractivity (Wildman–Crippen MR) is 102 cm³/mol. The van der Waals surface area contributed by atoms with Gasteiger partial charge in [0.2, 0.25) is 0 Å². The average molecular weight is 352 g/mol. The quantitative estimate of drug-likeness (QED) is 0.555. The van der Waals surface area contributed by atoms with E-state index in [0.717, 1.165) is 11.0 Å². The molecule has 0 amide bonds. The van der Waals surface area contributed by atoms with Crippen molar-refractivity contribution in [1.82, 2.24) is 4.57 Å². The van der Waals surface area contributed by atoms with Gasteiger partial charge >= 0.3 is 0 Å². The number of hydrogen-bond acceptors (Lipinski definition) is 2. The highest BCUT2D eigenvalue weighted by Crippen LogP contribution is 2.29. The zero-order valence-corrected chi connectivity index (χ0v) is 14.4. The van der Waals surface area contributed by atoms with Gasteiger partial charge in [0.05, 0.1) is 11.6 Å². The second-order valence-electron chi connectivity index (χ2n) is 6.04. The molecule has 0 aliphatic carbocycles. The lowest BCUT2D eigenvalue weighted by atomic mass is 10.2. The van der Waals surface area contributed by atoms with Crippen LogP contribution < -0.4 is 4.74 Å². The minimum atomic E-state index is -0.643. The smallest absolute Gasteiger partial charge is 0.138 e. The van der Waals surface area contributed by atoms with Gasteiger partial charge < -0.3 is 14.4 Å². The lowest BCUT2D eigenvalue weighted by molar-refractivity contribution is 0.0945. The number of aromatic nitrogens is 1. The molecule has 0 bridgehead atoms. The van der Waals surface area contributed by atoms with Gasteiger partial charge in [-0.3, -0.25) is 0 Å². The molecule has 0 aliphatic heterocycles. The molecule has 0 spiro atoms. The maximum atomic E-state index is 10.5. The van der Waals surface area contributed by atoms with Crippen LogP contribution >= 0.6 is 11.6 Å². The number of ether oxygens (including phenoxy) is 1. The molecule has 0 unspecified atom stereocenters. The van der Waals surface area contributed by atoms with Crippen LogP contribution in [0.15, 0.2) is 72.8 Å². The Morgan fingerprint density at radius 2 is 1.40 bits per heavy atom. The predicted octanol–water partition coefficient (Wildman–Crippen LogP) is 4.89. The van der Waals surface area contributed by atoms with E-state index in [2.05, 4.69) is 28.8 Å². The van der Waals surface area contributed by atoms with E-state index in [1.165, 1.54) is 10.8 Å². The molecule has 4 heteroatoms. The molecular weight excluding hydrogens is 334 g/mol. The van der Waals surface area contributed by atoms with Crippen LogP contribution in [-0.4, -0.2) is 22.4 Å². The van der Waals surface area contributed by atoms with Crippen LogP contribution in [-0.2, 0) is 6.54 Å². The Hall–Kier alpha value is -2.49. The van der Waals surface area contributed by atoms with Crippen LogP contribution in [0.2, 0.25) is 5.02 Å². The molecule has 3 aromatic carbocycles. The van der Waals surface area contributed by atoms with Crippen molar-refractivity contribution >= 4 is 33.4 Å². The zero-order valence-electron chi connectivity index (χ0n) is 13.6. The molecule has 3 nitrogen and oxygen atoms in total. The van der Waals surface area contributed by atoms with E-state index >= 15 is 0 Å². The largest absolute Gasteiger partial charge is 0.489 e. The van der Waals surface area contributed by atoms with E-state index in [9.17, 15) is 5.11 Å². The minimum Gasteiger partial charge on any atom is -0.489 e. The van der Waals surface area contributed by atoms with Gasteiger partial charge in [0.1, 0.15) is 18.5 Å². The van der Waals surface area contributed by atoms with Crippen molar-refractivity contribution in [3.63, 3.8) is 0 Å². The SMILES string of the molecule is O[C@@H](COc1ccccc1Cl)Cn1c2ccccc2c2ccccc21. The molecule has 0 saturated carbocycles. The fraction of sp³-hybridized carbons (Fsp3) is 0.143. The Morgan fingerprint density at radius 1 is 0.840 bits per heavy atom. The first-order valence-corrected chi connectivity index (χ1v) is 8.63. The molecule has 1 N–H and O–H groups in total. The van der Waals surface area contributed by atoms with Gasteiger partial charge in [0.25, 0.3) is 0 Å². The summed E-state index contributed by atoms with van der Waals surface area (Å²) in [5, 5.41) is 13.4. The van der Waals surface area contributed by atoms with Crippen molar-refractivity contribution in [2.45, 2.75) is 12.6 Å². The van der Waals surface area contributed by atoms with E-state index < -0.39 is 6.10 Å². The lowest BCUT2D eigenvalue weighted by Crippen LogP contribution is -2.23. The zero-order chi connectivity index (χ0) is 17.2. The van der Waals surface area contributed by atoms with Crippen molar-refractivity contribution in [3.8, 4) is 5.75 Å². The van der Waals surface area contributed by atoms with E-state index in [1.54, 1.807) is 12.1 Å². The molecule has 1 aromatic heterocycles. The van der Waals surface area contributed by atoms with Crippen LogP contribution in [0, 0.1) is 0 Å². The number of halogens is 1. The molecule has 0 fully saturated rings. The maximum absolute atomic E-state index is 10.5. The van der Waals surface area contributed by atoms with Crippen LogP contribution in [0.1, 0.15) is 0 Å². The summed E-state index contributed by atoms with van der Waals surface area (Å²) in [5.74, 6) is 0.588. The molecule has 1 atom stereocenters. The Balaban J connectivity index is 1.60. The van der Waals surface area contributed by atoms with Crippen molar-refractivity contribution in [1.29, 1.82) is 0 Å². The number of rotatable bonds is 5. The summed E-state index contributed by atoms with van der Waals surface area (Å²) in [6, 6.07) is 23.8. The molecule has 1 heterocycles. The summed E-state index contributed by atoms with van der Waals surface area (Å²) >= 11 is 6.09. The second-order valence-corrected chi connectivity index (χ2v) is 6.45. The van der Waals surface area contributed by atoms with E-state index in [0.29, 0.717) is 17.3 Å². The Bertz CT molecular complexity index is 971. The monoisotopic (exact) mass is 351 g/mol. The van der Waals surface area contributed by atoms with E-state index in [-0.39, 0.29) is 6.61 Å². The van der Waals surface area contributed by atoms with Gasteiger partial charge in [0.15, 0.2) is 0 Å². The van der Waals surface area contributed by atoms with Gasteiger partial charge in [-0.25, -0.2) is 0 Å². The highest BCUT2D eigenvalue weighted by atomic mass is 35.5. The van der Waals surface area contributed by atoms with Crippen molar-refractivity contribution in [3.05, 3.63) is 77.8 Å². The molecule has 0 aliphatic rings. The molecule has 4 aromatic rings. The van der Waals surface area contributed by atoms with Crippen LogP contribution in [0.5, 0.6) is 5.75 Å². The third kappa shape index (κ3) is 3.09. The van der Waals surface area contributed by atoms with Crippen molar-refractivity contribution in [2.24, 2.45) is 0 Å². The summed E-state index contributed by atoms with van der Waals surface area (Å²) in [7, 11) is 0. The first kappa shape index (κ1) is 16.0. The summed E-state index contributed by atoms with van der Waals surface area (Å²) in [5.41, 5.74) is 2.22. The maximum Gasteiger partial charge on any atom is 0.138 e. The first-order chi connectivity index (χ1) is 12.2. The second kappa shape index (κ2) is 6.79. The van der Waals surface area contributed by atoms with E-state index in [4.69, 9.17) is 16.3 Å². The van der Waals surface area contributed by atoms with Gasteiger partial charge in [-0.1, -0.05) is 60.1 Å². The van der Waals surface area contributed by atoms with Crippen molar-refractivity contribution in [2.75, 3.05) is 6.61 Å². The Labute approximate surface area is 151 Å². The first-order valence-electron chi connectivity index (χ1n) is 8.25. The summed E-state index contributed by atoms with van der Waals surface area (Å²) in [6.45, 7) is 0.642. The summed E-state index contributed by atoms with van der Waals surface area (Å²) in [6.07, 6.45) is -0.643. The number of hydrogen-bond donors (Lipinski definition) is 1. The van der Waals surface area contributed by atoms with Gasteiger partial charge in [-0.2, -0.15) is 0 Å². The lowest BCUT2D eigenvalue weighted by Gasteiger charge is -2.15. The number of benzene rings is 3. The molecule has 4 rings (SSSR count).